The zero-order valence-electron chi connectivity index (χ0n) is 37.5. The molecule has 6 nitrogen and oxygen atoms in total. The molecule has 13 rings (SSSR count). The van der Waals surface area contributed by atoms with Crippen LogP contribution < -0.4 is 9.64 Å². The first-order valence-corrected chi connectivity index (χ1v) is 31.2. The molecule has 0 spiro atoms. The molecule has 67 heavy (non-hydrogen) atoms. The normalized spacial score (nSPS) is 15.1. The van der Waals surface area contributed by atoms with Crippen molar-refractivity contribution in [2.75, 3.05) is 37.0 Å². The Morgan fingerprint density at radius 1 is 0.418 bits per heavy atom. The molecule has 8 heterocycles. The van der Waals surface area contributed by atoms with Crippen LogP contribution in [0.25, 0.3) is 83.3 Å². The number of aryl methyl sites for hydroxylation is 2. The van der Waals surface area contributed by atoms with Crippen LogP contribution in [-0.2, 0) is 0 Å². The van der Waals surface area contributed by atoms with Gasteiger partial charge in [0.2, 0.25) is 0 Å². The number of nitrogens with zero attached hydrogens (tertiary/aromatic N) is 5. The Labute approximate surface area is 416 Å². The molecule has 14 heteroatoms. The van der Waals surface area contributed by atoms with Gasteiger partial charge in [0, 0.05) is 67.3 Å². The van der Waals surface area contributed by atoms with Gasteiger partial charge in [0.05, 0.1) is 50.1 Å². The molecule has 0 N–H and O–H groups in total. The summed E-state index contributed by atoms with van der Waals surface area (Å²) in [5, 5.41) is 0. The standard InChI is InChI=1S/C53H41N5OS8/c1-28-8-22-36(48-46(28)54-64-56-48)40-26-44-52(62-40)50-42(66(44,4)5)24-38(60-50)30-10-14-32(15-11-30)58(34-18-20-35(59-3)21-19-34)33-16-12-31(13-17-33)39-25-43-51(61-39)53-45(67(43,6)7)27-41(63-53)37-23-9-29(2)47-49(37)57-65-55-47/h8-27H,1-7H3. The van der Waals surface area contributed by atoms with Crippen LogP contribution in [0.1, 0.15) is 11.1 Å². The summed E-state index contributed by atoms with van der Waals surface area (Å²) < 4.78 is 24.2. The summed E-state index contributed by atoms with van der Waals surface area (Å²) in [7, 11) is -0.636. The number of methoxy groups -OCH3 is 1. The molecule has 2 aliphatic heterocycles. The third kappa shape index (κ3) is 6.44. The van der Waals surface area contributed by atoms with Gasteiger partial charge in [-0.3, -0.25) is 0 Å². The largest absolute Gasteiger partial charge is 0.497 e. The fraction of sp³-hybridized carbons (Fsp3) is 0.132. The molecular formula is C53H41N5OS8. The number of thiophene rings is 4. The minimum absolute atomic E-state index is 0.836. The molecule has 0 saturated carbocycles. The Morgan fingerprint density at radius 3 is 1.15 bits per heavy atom. The number of aromatic nitrogens is 4. The summed E-state index contributed by atoms with van der Waals surface area (Å²) in [5.41, 5.74) is 14.5. The number of rotatable bonds is 8. The van der Waals surface area contributed by atoms with Crippen molar-refractivity contribution in [3.05, 3.63) is 132 Å². The monoisotopic (exact) mass is 1020 g/mol. The quantitative estimate of drug-likeness (QED) is 0.151. The number of ether oxygens (including phenoxy) is 1. The maximum atomic E-state index is 5.58. The maximum absolute atomic E-state index is 5.58. The van der Waals surface area contributed by atoms with E-state index in [1.54, 1.807) is 7.11 Å². The summed E-state index contributed by atoms with van der Waals surface area (Å²) in [5.74, 6) is 0.836. The maximum Gasteiger partial charge on any atom is 0.119 e. The van der Waals surface area contributed by atoms with Crippen LogP contribution in [0.3, 0.4) is 0 Å². The second-order valence-corrected chi connectivity index (χ2v) is 30.1. The van der Waals surface area contributed by atoms with Gasteiger partial charge in [-0.1, -0.05) is 48.5 Å². The van der Waals surface area contributed by atoms with E-state index >= 15 is 0 Å². The van der Waals surface area contributed by atoms with Crippen molar-refractivity contribution in [3.63, 3.8) is 0 Å². The van der Waals surface area contributed by atoms with Crippen molar-refractivity contribution in [2.24, 2.45) is 0 Å². The van der Waals surface area contributed by atoms with E-state index in [-0.39, 0.29) is 0 Å². The van der Waals surface area contributed by atoms with E-state index < -0.39 is 20.1 Å². The lowest BCUT2D eigenvalue weighted by Gasteiger charge is -2.26. The Morgan fingerprint density at radius 2 is 0.761 bits per heavy atom. The van der Waals surface area contributed by atoms with Gasteiger partial charge < -0.3 is 9.64 Å². The number of benzene rings is 5. The molecule has 6 aromatic heterocycles. The average Bonchev–Trinajstić information content (AvgIpc) is 4.20. The van der Waals surface area contributed by atoms with Gasteiger partial charge in [-0.15, -0.1) is 45.3 Å². The molecule has 11 aromatic rings. The van der Waals surface area contributed by atoms with Crippen LogP contribution in [-0.4, -0.2) is 49.6 Å². The van der Waals surface area contributed by atoms with Gasteiger partial charge in [0.25, 0.3) is 0 Å². The molecule has 0 radical (unpaired) electrons. The first-order valence-electron chi connectivity index (χ1n) is 21.6. The minimum Gasteiger partial charge on any atom is -0.497 e. The summed E-state index contributed by atoms with van der Waals surface area (Å²) in [6, 6.07) is 45.2. The van der Waals surface area contributed by atoms with Crippen molar-refractivity contribution in [2.45, 2.75) is 33.4 Å². The molecule has 0 bridgehead atoms. The van der Waals surface area contributed by atoms with Gasteiger partial charge in [-0.2, -0.15) is 37.6 Å². The van der Waals surface area contributed by atoms with Gasteiger partial charge in [-0.25, -0.2) is 0 Å². The van der Waals surface area contributed by atoms with Crippen LogP contribution in [0.4, 0.5) is 17.1 Å². The highest BCUT2D eigenvalue weighted by Gasteiger charge is 2.38. The van der Waals surface area contributed by atoms with Crippen LogP contribution >= 0.6 is 88.9 Å². The SMILES string of the molecule is COc1ccc(N(c2ccc(-c3cc4c(s3)-c3sc(-c5ccc(C)c6nsnc56)cc3S4(C)C)cc2)c2ccc(-c3cc4c(s3)-c3sc(-c5ccc(C)c6nsnc56)cc3S4(C)C)cc2)cc1. The van der Waals surface area contributed by atoms with Crippen LogP contribution in [0.5, 0.6) is 5.75 Å². The third-order valence-corrected chi connectivity index (χ3v) is 25.6. The molecule has 2 aliphatic rings. The summed E-state index contributed by atoms with van der Waals surface area (Å²) in [6.07, 6.45) is 9.81. The Kier molecular flexibility index (Phi) is 9.67. The number of hydrogen-bond acceptors (Lipinski definition) is 12. The summed E-state index contributed by atoms with van der Waals surface area (Å²) in [6.45, 7) is 4.23. The first-order chi connectivity index (χ1) is 32.5. The lowest BCUT2D eigenvalue weighted by molar-refractivity contribution is 0.415. The van der Waals surface area contributed by atoms with Gasteiger partial charge in [0.1, 0.15) is 27.8 Å². The second-order valence-electron chi connectivity index (χ2n) is 17.8. The van der Waals surface area contributed by atoms with Gasteiger partial charge in [0.15, 0.2) is 0 Å². The molecule has 0 saturated heterocycles. The van der Waals surface area contributed by atoms with E-state index in [2.05, 4.69) is 162 Å². The fourth-order valence-corrected chi connectivity index (χ4v) is 23.3. The first kappa shape index (κ1) is 42.0. The van der Waals surface area contributed by atoms with E-state index in [4.69, 9.17) is 13.5 Å². The molecular weight excluding hydrogens is 979 g/mol. The lowest BCUT2D eigenvalue weighted by Crippen LogP contribution is -2.09. The van der Waals surface area contributed by atoms with E-state index in [0.717, 1.165) is 44.9 Å². The van der Waals surface area contributed by atoms with Crippen molar-refractivity contribution in [1.82, 2.24) is 17.5 Å². The Hall–Kier alpha value is -5.16. The average molecular weight is 1020 g/mol. The van der Waals surface area contributed by atoms with Crippen molar-refractivity contribution in [1.29, 1.82) is 0 Å². The van der Waals surface area contributed by atoms with E-state index in [9.17, 15) is 0 Å². The molecule has 5 aromatic carbocycles. The minimum atomic E-state index is -1.18. The molecule has 0 aliphatic carbocycles. The highest BCUT2D eigenvalue weighted by atomic mass is 32.3. The molecule has 0 unspecified atom stereocenters. The lowest BCUT2D eigenvalue weighted by atomic mass is 10.1. The van der Waals surface area contributed by atoms with Gasteiger partial charge in [-0.05, 0) is 134 Å². The van der Waals surface area contributed by atoms with Crippen molar-refractivity contribution >= 4 is 128 Å². The number of hydrogen-bond donors (Lipinski definition) is 0. The zero-order valence-corrected chi connectivity index (χ0v) is 44.0. The Bertz CT molecular complexity index is 3550. The molecule has 332 valence electrons. The fourth-order valence-electron chi connectivity index (χ4n) is 9.54. The highest BCUT2D eigenvalue weighted by molar-refractivity contribution is 8.33. The van der Waals surface area contributed by atoms with Crippen LogP contribution in [0.2, 0.25) is 0 Å². The van der Waals surface area contributed by atoms with Crippen LogP contribution in [0.15, 0.2) is 141 Å². The number of fused-ring (bicyclic) bond motifs is 8. The predicted octanol–water partition coefficient (Wildman–Crippen LogP) is 17.6. The number of anilines is 3. The van der Waals surface area contributed by atoms with E-state index in [1.807, 2.05) is 57.5 Å². The summed E-state index contributed by atoms with van der Waals surface area (Å²) in [4.78, 5) is 19.2. The Balaban J connectivity index is 0.812. The van der Waals surface area contributed by atoms with Crippen LogP contribution in [0, 0.1) is 13.8 Å². The van der Waals surface area contributed by atoms with E-state index in [1.165, 1.54) is 115 Å². The van der Waals surface area contributed by atoms with E-state index in [0.29, 0.717) is 0 Å². The highest BCUT2D eigenvalue weighted by Crippen LogP contribution is 2.73. The van der Waals surface area contributed by atoms with Crippen molar-refractivity contribution < 1.29 is 4.74 Å². The zero-order chi connectivity index (χ0) is 45.5. The third-order valence-electron chi connectivity index (χ3n) is 13.3. The smallest absolute Gasteiger partial charge is 0.119 e. The molecule has 0 amide bonds. The van der Waals surface area contributed by atoms with Crippen molar-refractivity contribution in [3.8, 4) is 67.0 Å². The van der Waals surface area contributed by atoms with Gasteiger partial charge >= 0.3 is 0 Å². The topological polar surface area (TPSA) is 64.0 Å². The second kappa shape index (κ2) is 15.4. The molecule has 0 atom stereocenters. The summed E-state index contributed by atoms with van der Waals surface area (Å²) >= 11 is 10.3. The molecule has 0 fully saturated rings. The predicted molar refractivity (Wildman–Crippen MR) is 295 cm³/mol.